The molecule has 1 unspecified atom stereocenters. The summed E-state index contributed by atoms with van der Waals surface area (Å²) in [6, 6.07) is 1.97. The average Bonchev–Trinajstić information content (AvgIpc) is 2.82. The summed E-state index contributed by atoms with van der Waals surface area (Å²) in [5, 5.41) is 14.9. The van der Waals surface area contributed by atoms with Crippen LogP contribution in [0, 0.1) is 6.92 Å². The second-order valence-electron chi connectivity index (χ2n) is 4.77. The van der Waals surface area contributed by atoms with E-state index in [1.165, 1.54) is 0 Å². The molecule has 0 aliphatic carbocycles. The van der Waals surface area contributed by atoms with Crippen LogP contribution < -0.4 is 4.74 Å². The zero-order valence-electron chi connectivity index (χ0n) is 11.7. The van der Waals surface area contributed by atoms with Crippen LogP contribution in [0.15, 0.2) is 24.7 Å². The molecule has 0 aliphatic rings. The van der Waals surface area contributed by atoms with E-state index >= 15 is 0 Å². The topological polar surface area (TPSA) is 60.2 Å². The quantitative estimate of drug-likeness (QED) is 0.917. The van der Waals surface area contributed by atoms with E-state index in [2.05, 4.69) is 10.1 Å². The number of aryl methyl sites for hydroxylation is 1. The van der Waals surface area contributed by atoms with Gasteiger partial charge in [-0.1, -0.05) is 0 Å². The summed E-state index contributed by atoms with van der Waals surface area (Å²) < 4.78 is 7.08. The van der Waals surface area contributed by atoms with E-state index in [4.69, 9.17) is 4.74 Å². The molecule has 2 aromatic heterocycles. The lowest BCUT2D eigenvalue weighted by Crippen LogP contribution is -2.13. The highest BCUT2D eigenvalue weighted by Gasteiger charge is 2.23. The van der Waals surface area contributed by atoms with Gasteiger partial charge in [0, 0.05) is 18.4 Å². The Morgan fingerprint density at radius 1 is 1.32 bits per heavy atom. The summed E-state index contributed by atoms with van der Waals surface area (Å²) >= 11 is 0. The van der Waals surface area contributed by atoms with Crippen molar-refractivity contribution in [2.45, 2.75) is 32.9 Å². The summed E-state index contributed by atoms with van der Waals surface area (Å²) in [5.41, 5.74) is 2.43. The van der Waals surface area contributed by atoms with Gasteiger partial charge < -0.3 is 9.84 Å². The molecule has 5 nitrogen and oxygen atoms in total. The monoisotopic (exact) mass is 261 g/mol. The Morgan fingerprint density at radius 2 is 2.05 bits per heavy atom. The Kier molecular flexibility index (Phi) is 3.85. The largest absolute Gasteiger partial charge is 0.493 e. The third-order valence-corrected chi connectivity index (χ3v) is 3.12. The molecule has 0 radical (unpaired) electrons. The normalized spacial score (nSPS) is 12.7. The van der Waals surface area contributed by atoms with Crippen LogP contribution in [0.5, 0.6) is 5.75 Å². The molecule has 1 atom stereocenters. The number of aromatic nitrogens is 3. The summed E-state index contributed by atoms with van der Waals surface area (Å²) in [6.45, 7) is 5.96. The fourth-order valence-electron chi connectivity index (χ4n) is 2.12. The Bertz CT molecular complexity index is 564. The van der Waals surface area contributed by atoms with Crippen LogP contribution in [0.1, 0.15) is 42.8 Å². The van der Waals surface area contributed by atoms with Crippen LogP contribution in [-0.2, 0) is 0 Å². The minimum absolute atomic E-state index is 0.149. The maximum atomic E-state index is 10.6. The zero-order valence-corrected chi connectivity index (χ0v) is 11.7. The van der Waals surface area contributed by atoms with Gasteiger partial charge in [0.25, 0.3) is 0 Å². The lowest BCUT2D eigenvalue weighted by molar-refractivity contribution is 0.198. The van der Waals surface area contributed by atoms with E-state index in [0.717, 1.165) is 11.1 Å². The molecule has 0 aromatic carbocycles. The van der Waals surface area contributed by atoms with Crippen molar-refractivity contribution in [2.75, 3.05) is 7.11 Å². The number of ether oxygens (including phenoxy) is 1. The van der Waals surface area contributed by atoms with Crippen molar-refractivity contribution in [1.29, 1.82) is 0 Å². The summed E-state index contributed by atoms with van der Waals surface area (Å²) in [5.74, 6) is 0.595. The molecule has 0 saturated carbocycles. The molecule has 5 heteroatoms. The molecule has 102 valence electrons. The van der Waals surface area contributed by atoms with Gasteiger partial charge in [-0.25, -0.2) is 0 Å². The number of hydrogen-bond donors (Lipinski definition) is 1. The van der Waals surface area contributed by atoms with Gasteiger partial charge in [-0.3, -0.25) is 9.67 Å². The molecule has 0 fully saturated rings. The lowest BCUT2D eigenvalue weighted by atomic mass is 10.0. The Morgan fingerprint density at radius 3 is 2.63 bits per heavy atom. The first-order chi connectivity index (χ1) is 9.06. The molecule has 2 aromatic rings. The van der Waals surface area contributed by atoms with Gasteiger partial charge in [-0.05, 0) is 38.0 Å². The highest BCUT2D eigenvalue weighted by atomic mass is 16.5. The predicted octanol–water partition coefficient (Wildman–Crippen LogP) is 2.26. The van der Waals surface area contributed by atoms with Crippen molar-refractivity contribution in [1.82, 2.24) is 14.8 Å². The highest BCUT2D eigenvalue weighted by Crippen LogP contribution is 2.32. The maximum Gasteiger partial charge on any atom is 0.163 e. The first-order valence-electron chi connectivity index (χ1n) is 6.26. The van der Waals surface area contributed by atoms with E-state index < -0.39 is 6.10 Å². The average molecular weight is 261 g/mol. The number of rotatable bonds is 4. The molecule has 0 bridgehead atoms. The minimum Gasteiger partial charge on any atom is -0.493 e. The molecule has 0 amide bonds. The molecule has 0 spiro atoms. The third-order valence-electron chi connectivity index (χ3n) is 3.12. The van der Waals surface area contributed by atoms with Gasteiger partial charge in [0.15, 0.2) is 5.75 Å². The highest BCUT2D eigenvalue weighted by molar-refractivity contribution is 5.37. The fourth-order valence-corrected chi connectivity index (χ4v) is 2.12. The Hall–Kier alpha value is -1.88. The number of pyridine rings is 1. The molecule has 1 N–H and O–H groups in total. The van der Waals surface area contributed by atoms with Crippen molar-refractivity contribution in [3.63, 3.8) is 0 Å². The van der Waals surface area contributed by atoms with Gasteiger partial charge in [0.05, 0.1) is 13.3 Å². The molecular formula is C14H19N3O2. The summed E-state index contributed by atoms with van der Waals surface area (Å²) in [4.78, 5) is 4.04. The van der Waals surface area contributed by atoms with E-state index in [1.807, 2.05) is 26.8 Å². The summed E-state index contributed by atoms with van der Waals surface area (Å²) in [7, 11) is 1.58. The van der Waals surface area contributed by atoms with Crippen LogP contribution in [-0.4, -0.2) is 27.0 Å². The summed E-state index contributed by atoms with van der Waals surface area (Å²) in [6.07, 6.45) is 4.27. The van der Waals surface area contributed by atoms with E-state index in [0.29, 0.717) is 11.4 Å². The van der Waals surface area contributed by atoms with E-state index in [1.54, 1.807) is 30.4 Å². The van der Waals surface area contributed by atoms with Gasteiger partial charge in [-0.2, -0.15) is 5.10 Å². The molecular weight excluding hydrogens is 242 g/mol. The number of nitrogens with zero attached hydrogens (tertiary/aromatic N) is 3. The second kappa shape index (κ2) is 5.40. The number of aliphatic hydroxyl groups is 1. The number of methoxy groups -OCH3 is 1. The van der Waals surface area contributed by atoms with Crippen LogP contribution in [0.2, 0.25) is 0 Å². The Balaban J connectivity index is 2.52. The first-order valence-corrected chi connectivity index (χ1v) is 6.26. The van der Waals surface area contributed by atoms with E-state index in [-0.39, 0.29) is 6.04 Å². The van der Waals surface area contributed by atoms with Crippen LogP contribution in [0.3, 0.4) is 0 Å². The van der Waals surface area contributed by atoms with E-state index in [9.17, 15) is 5.11 Å². The van der Waals surface area contributed by atoms with Crippen molar-refractivity contribution in [2.24, 2.45) is 0 Å². The second-order valence-corrected chi connectivity index (χ2v) is 4.77. The Labute approximate surface area is 112 Å². The van der Waals surface area contributed by atoms with Crippen molar-refractivity contribution < 1.29 is 9.84 Å². The zero-order chi connectivity index (χ0) is 14.0. The molecule has 19 heavy (non-hydrogen) atoms. The standard InChI is InChI=1S/C14H19N3O2/c1-9(2)17-13(12(19-4)8-16-17)14(18)11-5-6-15-7-10(11)3/h5-9,14,18H,1-4H3. The molecule has 2 rings (SSSR count). The molecule has 2 heterocycles. The fraction of sp³-hybridized carbons (Fsp3) is 0.429. The van der Waals surface area contributed by atoms with Crippen molar-refractivity contribution in [3.8, 4) is 5.75 Å². The van der Waals surface area contributed by atoms with Crippen LogP contribution in [0.25, 0.3) is 0 Å². The predicted molar refractivity (Wildman–Crippen MR) is 72.2 cm³/mol. The number of aliphatic hydroxyl groups excluding tert-OH is 1. The maximum absolute atomic E-state index is 10.6. The van der Waals surface area contributed by atoms with Gasteiger partial charge in [0.2, 0.25) is 0 Å². The van der Waals surface area contributed by atoms with Gasteiger partial charge in [-0.15, -0.1) is 0 Å². The van der Waals surface area contributed by atoms with Crippen LogP contribution >= 0.6 is 0 Å². The third kappa shape index (κ3) is 2.46. The van der Waals surface area contributed by atoms with Crippen molar-refractivity contribution in [3.05, 3.63) is 41.5 Å². The number of hydrogen-bond acceptors (Lipinski definition) is 4. The van der Waals surface area contributed by atoms with Gasteiger partial charge in [0.1, 0.15) is 11.8 Å². The minimum atomic E-state index is -0.775. The first kappa shape index (κ1) is 13.5. The van der Waals surface area contributed by atoms with Crippen molar-refractivity contribution >= 4 is 0 Å². The van der Waals surface area contributed by atoms with Gasteiger partial charge >= 0.3 is 0 Å². The lowest BCUT2D eigenvalue weighted by Gasteiger charge is -2.18. The SMILES string of the molecule is COc1cnn(C(C)C)c1C(O)c1ccncc1C. The van der Waals surface area contributed by atoms with Crippen LogP contribution in [0.4, 0.5) is 0 Å². The molecule has 0 aliphatic heterocycles. The molecule has 0 saturated heterocycles. The smallest absolute Gasteiger partial charge is 0.163 e.